The van der Waals surface area contributed by atoms with Crippen molar-refractivity contribution in [3.05, 3.63) is 81.1 Å². The third-order valence-electron chi connectivity index (χ3n) is 5.44. The molecule has 7 heteroatoms. The van der Waals surface area contributed by atoms with Crippen LogP contribution in [0.5, 0.6) is 0 Å². The maximum absolute atomic E-state index is 13.0. The summed E-state index contributed by atoms with van der Waals surface area (Å²) in [5.74, 6) is -0.782. The number of amides is 1. The van der Waals surface area contributed by atoms with Gasteiger partial charge >= 0.3 is 5.97 Å². The predicted molar refractivity (Wildman–Crippen MR) is 117 cm³/mol. The molecule has 1 aliphatic heterocycles. The average molecular weight is 468 g/mol. The van der Waals surface area contributed by atoms with Crippen molar-refractivity contribution in [2.75, 3.05) is 6.54 Å². The number of aromatic nitrogens is 2. The van der Waals surface area contributed by atoms with Gasteiger partial charge in [0, 0.05) is 28.6 Å². The smallest absolute Gasteiger partial charge is 0.356 e. The molecule has 0 spiro atoms. The van der Waals surface area contributed by atoms with Crippen LogP contribution in [-0.2, 0) is 13.0 Å². The number of hydrogen-bond acceptors (Lipinski definition) is 3. The molecule has 1 aromatic heterocycles. The summed E-state index contributed by atoms with van der Waals surface area (Å²) in [4.78, 5) is 26.6. The Morgan fingerprint density at radius 3 is 2.33 bits per heavy atom. The van der Waals surface area contributed by atoms with Crippen molar-refractivity contribution in [3.8, 4) is 5.69 Å². The summed E-state index contributed by atoms with van der Waals surface area (Å²) in [6.07, 6.45) is 0.543. The van der Waals surface area contributed by atoms with Crippen LogP contribution < -0.4 is 0 Å². The van der Waals surface area contributed by atoms with Crippen LogP contribution in [0.15, 0.2) is 53.0 Å². The van der Waals surface area contributed by atoms with E-state index in [2.05, 4.69) is 34.9 Å². The molecular formula is C23H22BrN3O3. The van der Waals surface area contributed by atoms with E-state index in [9.17, 15) is 14.7 Å². The lowest BCUT2D eigenvalue weighted by Gasteiger charge is -2.28. The molecule has 0 bridgehead atoms. The maximum Gasteiger partial charge on any atom is 0.356 e. The van der Waals surface area contributed by atoms with Gasteiger partial charge in [-0.3, -0.25) is 4.79 Å². The van der Waals surface area contributed by atoms with E-state index in [4.69, 9.17) is 0 Å². The van der Waals surface area contributed by atoms with Gasteiger partial charge in [0.05, 0.1) is 17.9 Å². The van der Waals surface area contributed by atoms with Crippen molar-refractivity contribution in [1.82, 2.24) is 14.7 Å². The molecule has 3 aromatic rings. The van der Waals surface area contributed by atoms with Crippen molar-refractivity contribution < 1.29 is 14.7 Å². The molecule has 4 rings (SSSR count). The second kappa shape index (κ2) is 8.07. The number of aromatic carboxylic acids is 1. The normalized spacial score (nSPS) is 13.4. The molecule has 0 aliphatic carbocycles. The first-order valence-corrected chi connectivity index (χ1v) is 10.6. The number of carbonyl (C=O) groups is 2. The summed E-state index contributed by atoms with van der Waals surface area (Å²) in [7, 11) is 0. The topological polar surface area (TPSA) is 75.4 Å². The Hall–Kier alpha value is -2.93. The van der Waals surface area contributed by atoms with E-state index in [1.165, 1.54) is 5.56 Å². The molecule has 1 N–H and O–H groups in total. The van der Waals surface area contributed by atoms with Crippen molar-refractivity contribution in [3.63, 3.8) is 0 Å². The molecule has 154 valence electrons. The molecule has 0 fully saturated rings. The zero-order valence-electron chi connectivity index (χ0n) is 16.8. The van der Waals surface area contributed by atoms with E-state index in [0.717, 1.165) is 15.9 Å². The third kappa shape index (κ3) is 3.77. The van der Waals surface area contributed by atoms with Gasteiger partial charge in [0.1, 0.15) is 0 Å². The summed E-state index contributed by atoms with van der Waals surface area (Å²) in [6, 6.07) is 15.2. The largest absolute Gasteiger partial charge is 0.476 e. The number of benzene rings is 2. The van der Waals surface area contributed by atoms with Gasteiger partial charge in [0.2, 0.25) is 0 Å². The zero-order valence-corrected chi connectivity index (χ0v) is 18.4. The van der Waals surface area contributed by atoms with Gasteiger partial charge in [0.15, 0.2) is 5.69 Å². The molecule has 0 atom stereocenters. The highest BCUT2D eigenvalue weighted by Gasteiger charge is 2.30. The highest BCUT2D eigenvalue weighted by Crippen LogP contribution is 2.27. The highest BCUT2D eigenvalue weighted by molar-refractivity contribution is 9.10. The summed E-state index contributed by atoms with van der Waals surface area (Å²) >= 11 is 3.41. The molecule has 6 nitrogen and oxygen atoms in total. The lowest BCUT2D eigenvalue weighted by Crippen LogP contribution is -2.36. The number of nitrogens with zero attached hydrogens (tertiary/aromatic N) is 3. The van der Waals surface area contributed by atoms with Gasteiger partial charge in [-0.2, -0.15) is 5.10 Å². The van der Waals surface area contributed by atoms with Crippen LogP contribution in [0.25, 0.3) is 5.69 Å². The van der Waals surface area contributed by atoms with E-state index in [1.54, 1.807) is 9.58 Å². The molecule has 0 unspecified atom stereocenters. The Morgan fingerprint density at radius 1 is 1.07 bits per heavy atom. The molecule has 0 radical (unpaired) electrons. The molecule has 30 heavy (non-hydrogen) atoms. The molecular weight excluding hydrogens is 446 g/mol. The van der Waals surface area contributed by atoms with Crippen molar-refractivity contribution in [2.45, 2.75) is 32.7 Å². The Bertz CT molecular complexity index is 1100. The number of rotatable bonds is 4. The highest BCUT2D eigenvalue weighted by atomic mass is 79.9. The van der Waals surface area contributed by atoms with Crippen molar-refractivity contribution in [1.29, 1.82) is 0 Å². The molecule has 2 aromatic carbocycles. The van der Waals surface area contributed by atoms with Crippen LogP contribution in [0, 0.1) is 0 Å². The lowest BCUT2D eigenvalue weighted by molar-refractivity contribution is 0.0674. The van der Waals surface area contributed by atoms with Crippen LogP contribution in [-0.4, -0.2) is 38.2 Å². The van der Waals surface area contributed by atoms with Crippen molar-refractivity contribution >= 4 is 27.8 Å². The number of halogens is 1. The minimum Gasteiger partial charge on any atom is -0.476 e. The van der Waals surface area contributed by atoms with Gasteiger partial charge in [-0.1, -0.05) is 41.9 Å². The monoisotopic (exact) mass is 467 g/mol. The number of fused-ring (bicyclic) bond motifs is 1. The fourth-order valence-electron chi connectivity index (χ4n) is 3.75. The minimum absolute atomic E-state index is 0.000532. The van der Waals surface area contributed by atoms with Crippen LogP contribution in [0.4, 0.5) is 0 Å². The fourth-order valence-corrected chi connectivity index (χ4v) is 4.02. The maximum atomic E-state index is 13.0. The number of hydrogen-bond donors (Lipinski definition) is 1. The number of carboxylic acid groups (broad SMARTS) is 1. The van der Waals surface area contributed by atoms with Crippen molar-refractivity contribution in [2.24, 2.45) is 0 Å². The minimum atomic E-state index is -1.09. The summed E-state index contributed by atoms with van der Waals surface area (Å²) in [5.41, 5.74) is 4.03. The summed E-state index contributed by atoms with van der Waals surface area (Å²) in [6.45, 7) is 4.97. The quantitative estimate of drug-likeness (QED) is 0.605. The second-order valence-corrected chi connectivity index (χ2v) is 8.64. The number of carbonyl (C=O) groups excluding carboxylic acids is 1. The molecule has 1 amide bonds. The van der Waals surface area contributed by atoms with E-state index >= 15 is 0 Å². The van der Waals surface area contributed by atoms with E-state index in [0.29, 0.717) is 30.0 Å². The van der Waals surface area contributed by atoms with E-state index in [1.807, 2.05) is 48.5 Å². The average Bonchev–Trinajstić information content (AvgIpc) is 3.13. The fraction of sp³-hybridized carbons (Fsp3) is 0.261. The Balaban J connectivity index is 1.65. The van der Waals surface area contributed by atoms with E-state index in [-0.39, 0.29) is 18.1 Å². The van der Waals surface area contributed by atoms with Gasteiger partial charge in [-0.25, -0.2) is 9.48 Å². The van der Waals surface area contributed by atoms with Gasteiger partial charge < -0.3 is 10.0 Å². The SMILES string of the molecule is CC(C)c1ccc(C(=O)N2CCc3c(c(C(=O)O)nn3-c3ccc(Br)cc3)C2)cc1. The predicted octanol–water partition coefficient (Wildman–Crippen LogP) is 4.65. The zero-order chi connectivity index (χ0) is 21.4. The Labute approximate surface area is 183 Å². The van der Waals surface area contributed by atoms with Gasteiger partial charge in [0.25, 0.3) is 5.91 Å². The summed E-state index contributed by atoms with van der Waals surface area (Å²) in [5, 5.41) is 14.0. The molecule has 0 saturated heterocycles. The Kier molecular flexibility index (Phi) is 5.47. The van der Waals surface area contributed by atoms with Crippen LogP contribution in [0.1, 0.15) is 57.4 Å². The van der Waals surface area contributed by atoms with Gasteiger partial charge in [-0.05, 0) is 47.9 Å². The first-order chi connectivity index (χ1) is 14.3. The summed E-state index contributed by atoms with van der Waals surface area (Å²) < 4.78 is 2.62. The lowest BCUT2D eigenvalue weighted by atomic mass is 10.0. The first kappa shape index (κ1) is 20.3. The molecule has 1 aliphatic rings. The Morgan fingerprint density at radius 2 is 1.73 bits per heavy atom. The van der Waals surface area contributed by atoms with E-state index < -0.39 is 5.97 Å². The molecule has 2 heterocycles. The standard InChI is InChI=1S/C23H22BrN3O3/c1-14(2)15-3-5-16(6-4-15)22(28)26-12-11-20-19(13-26)21(23(29)30)25-27(20)18-9-7-17(24)8-10-18/h3-10,14H,11-13H2,1-2H3,(H,29,30). The van der Waals surface area contributed by atoms with Gasteiger partial charge in [-0.15, -0.1) is 0 Å². The third-order valence-corrected chi connectivity index (χ3v) is 5.97. The number of carboxylic acids is 1. The molecule has 0 saturated carbocycles. The van der Waals surface area contributed by atoms with Crippen LogP contribution in [0.3, 0.4) is 0 Å². The van der Waals surface area contributed by atoms with Crippen LogP contribution in [0.2, 0.25) is 0 Å². The van der Waals surface area contributed by atoms with Crippen LogP contribution >= 0.6 is 15.9 Å². The first-order valence-electron chi connectivity index (χ1n) is 9.84. The second-order valence-electron chi connectivity index (χ2n) is 7.72.